The Hall–Kier alpha value is -3.01. The van der Waals surface area contributed by atoms with E-state index < -0.39 is 27.0 Å². The minimum atomic E-state index is -4.13. The zero-order valence-corrected chi connectivity index (χ0v) is 18.0. The molecule has 0 aliphatic rings. The molecular weight excluding hydrogens is 444 g/mol. The van der Waals surface area contributed by atoms with Crippen molar-refractivity contribution >= 4 is 44.1 Å². The number of ether oxygens (including phenoxy) is 1. The molecule has 0 fully saturated rings. The second-order valence-electron chi connectivity index (χ2n) is 6.63. The molecule has 1 atom stereocenters. The molecule has 162 valence electrons. The smallest absolute Gasteiger partial charge is 0.307 e. The molecule has 3 aromatic rings. The van der Waals surface area contributed by atoms with Crippen LogP contribution in [0.5, 0.6) is 0 Å². The summed E-state index contributed by atoms with van der Waals surface area (Å²) in [6, 6.07) is 14.0. The maximum Gasteiger partial charge on any atom is 0.307 e. The van der Waals surface area contributed by atoms with Gasteiger partial charge in [-0.15, -0.1) is 0 Å². The van der Waals surface area contributed by atoms with E-state index in [1.807, 2.05) is 0 Å². The van der Waals surface area contributed by atoms with Gasteiger partial charge in [-0.1, -0.05) is 48.0 Å². The van der Waals surface area contributed by atoms with Gasteiger partial charge < -0.3 is 4.74 Å². The quantitative estimate of drug-likeness (QED) is 0.302. The van der Waals surface area contributed by atoms with Gasteiger partial charge >= 0.3 is 5.97 Å². The van der Waals surface area contributed by atoms with Crippen molar-refractivity contribution in [1.82, 2.24) is 4.72 Å². The third kappa shape index (κ3) is 5.19. The van der Waals surface area contributed by atoms with Crippen LogP contribution in [-0.2, 0) is 19.6 Å². The third-order valence-electron chi connectivity index (χ3n) is 4.58. The summed E-state index contributed by atoms with van der Waals surface area (Å²) >= 11 is 6.19. The molecule has 0 heterocycles. The van der Waals surface area contributed by atoms with Crippen LogP contribution in [0.2, 0.25) is 5.02 Å². The average molecular weight is 463 g/mol. The molecule has 0 spiro atoms. The lowest BCUT2D eigenvalue weighted by Crippen LogP contribution is -2.31. The molecular formula is C21H19ClN2O6S. The van der Waals surface area contributed by atoms with Gasteiger partial charge in [0.2, 0.25) is 10.0 Å². The zero-order chi connectivity index (χ0) is 22.6. The van der Waals surface area contributed by atoms with E-state index in [1.54, 1.807) is 31.2 Å². The monoisotopic (exact) mass is 462 g/mol. The summed E-state index contributed by atoms with van der Waals surface area (Å²) in [6.07, 6.45) is -0.334. The Morgan fingerprint density at radius 1 is 1.13 bits per heavy atom. The van der Waals surface area contributed by atoms with Crippen molar-refractivity contribution in [3.8, 4) is 0 Å². The number of benzene rings is 3. The van der Waals surface area contributed by atoms with Gasteiger partial charge in [-0.3, -0.25) is 14.9 Å². The van der Waals surface area contributed by atoms with Gasteiger partial charge in [-0.05, 0) is 24.6 Å². The number of rotatable bonds is 8. The number of carbonyl (C=O) groups is 1. The summed E-state index contributed by atoms with van der Waals surface area (Å²) in [5.74, 6) is -0.636. The second kappa shape index (κ2) is 9.42. The van der Waals surface area contributed by atoms with Crippen molar-refractivity contribution in [2.75, 3.05) is 6.61 Å². The number of nitrogens with one attached hydrogen (secondary N) is 1. The van der Waals surface area contributed by atoms with Gasteiger partial charge in [-0.25, -0.2) is 13.1 Å². The summed E-state index contributed by atoms with van der Waals surface area (Å²) in [5.41, 5.74) is 0.0478. The number of hydrogen-bond acceptors (Lipinski definition) is 6. The molecule has 0 bridgehead atoms. The fourth-order valence-electron chi connectivity index (χ4n) is 3.19. The van der Waals surface area contributed by atoms with Gasteiger partial charge in [-0.2, -0.15) is 0 Å². The van der Waals surface area contributed by atoms with E-state index in [2.05, 4.69) is 4.72 Å². The number of sulfonamides is 1. The first-order chi connectivity index (χ1) is 14.7. The van der Waals surface area contributed by atoms with Crippen LogP contribution in [0.3, 0.4) is 0 Å². The SMILES string of the molecule is CCOC(=O)C[C@H](NS(=O)(=O)c1ccc(Cl)c2ccccc12)c1cccc([N+](=O)[O-])c1. The van der Waals surface area contributed by atoms with E-state index >= 15 is 0 Å². The fraction of sp³-hybridized carbons (Fsp3) is 0.190. The van der Waals surface area contributed by atoms with Crippen molar-refractivity contribution < 1.29 is 22.9 Å². The van der Waals surface area contributed by atoms with Gasteiger partial charge in [0.1, 0.15) is 0 Å². The van der Waals surface area contributed by atoms with E-state index in [0.717, 1.165) is 0 Å². The number of esters is 1. The highest BCUT2D eigenvalue weighted by Crippen LogP contribution is 2.31. The lowest BCUT2D eigenvalue weighted by molar-refractivity contribution is -0.384. The first-order valence-electron chi connectivity index (χ1n) is 9.32. The number of carbonyl (C=O) groups excluding carboxylic acids is 1. The highest BCUT2D eigenvalue weighted by molar-refractivity contribution is 7.89. The molecule has 3 rings (SSSR count). The van der Waals surface area contributed by atoms with Crippen LogP contribution >= 0.6 is 11.6 Å². The third-order valence-corrected chi connectivity index (χ3v) is 6.44. The van der Waals surface area contributed by atoms with Crippen LogP contribution < -0.4 is 4.72 Å². The summed E-state index contributed by atoms with van der Waals surface area (Å²) in [4.78, 5) is 22.7. The van der Waals surface area contributed by atoms with E-state index in [1.165, 1.54) is 36.4 Å². The molecule has 1 N–H and O–H groups in total. The van der Waals surface area contributed by atoms with Gasteiger partial charge in [0.25, 0.3) is 5.69 Å². The Morgan fingerprint density at radius 3 is 2.52 bits per heavy atom. The maximum absolute atomic E-state index is 13.3. The Labute approximate surface area is 184 Å². The van der Waals surface area contributed by atoms with E-state index in [0.29, 0.717) is 15.8 Å². The minimum absolute atomic E-state index is 0.0215. The number of hydrogen-bond donors (Lipinski definition) is 1. The van der Waals surface area contributed by atoms with Crippen molar-refractivity contribution in [1.29, 1.82) is 0 Å². The average Bonchev–Trinajstić information content (AvgIpc) is 2.73. The predicted molar refractivity (Wildman–Crippen MR) is 116 cm³/mol. The van der Waals surface area contributed by atoms with Gasteiger partial charge in [0.05, 0.1) is 28.9 Å². The van der Waals surface area contributed by atoms with Gasteiger partial charge in [0, 0.05) is 27.9 Å². The zero-order valence-electron chi connectivity index (χ0n) is 16.4. The summed E-state index contributed by atoms with van der Waals surface area (Å²) in [7, 11) is -4.13. The maximum atomic E-state index is 13.3. The van der Waals surface area contributed by atoms with Crippen molar-refractivity contribution in [3.05, 3.63) is 81.4 Å². The van der Waals surface area contributed by atoms with E-state index in [4.69, 9.17) is 16.3 Å². The molecule has 8 nitrogen and oxygen atoms in total. The van der Waals surface area contributed by atoms with Crippen LogP contribution in [0.15, 0.2) is 65.6 Å². The summed E-state index contributed by atoms with van der Waals surface area (Å²) in [5, 5.41) is 12.5. The molecule has 0 aliphatic carbocycles. The normalized spacial score (nSPS) is 12.5. The van der Waals surface area contributed by atoms with E-state index in [9.17, 15) is 23.3 Å². The van der Waals surface area contributed by atoms with Crippen molar-refractivity contribution in [2.24, 2.45) is 0 Å². The summed E-state index contributed by atoms with van der Waals surface area (Å²) in [6.45, 7) is 1.75. The molecule has 0 aliphatic heterocycles. The molecule has 0 saturated heterocycles. The number of nitro groups is 1. The topological polar surface area (TPSA) is 116 Å². The number of non-ortho nitro benzene ring substituents is 1. The second-order valence-corrected chi connectivity index (χ2v) is 8.72. The van der Waals surface area contributed by atoms with Crippen molar-refractivity contribution in [2.45, 2.75) is 24.3 Å². The van der Waals surface area contributed by atoms with Crippen molar-refractivity contribution in [3.63, 3.8) is 0 Å². The first kappa shape index (κ1) is 22.7. The molecule has 10 heteroatoms. The largest absolute Gasteiger partial charge is 0.466 e. The van der Waals surface area contributed by atoms with E-state index in [-0.39, 0.29) is 29.2 Å². The Morgan fingerprint density at radius 2 is 1.84 bits per heavy atom. The highest BCUT2D eigenvalue weighted by atomic mass is 35.5. The number of nitrogens with zero attached hydrogens (tertiary/aromatic N) is 1. The molecule has 31 heavy (non-hydrogen) atoms. The molecule has 0 radical (unpaired) electrons. The van der Waals surface area contributed by atoms with Crippen LogP contribution in [0.1, 0.15) is 24.9 Å². The van der Waals surface area contributed by atoms with Crippen LogP contribution in [0.4, 0.5) is 5.69 Å². The minimum Gasteiger partial charge on any atom is -0.466 e. The molecule has 3 aromatic carbocycles. The predicted octanol–water partition coefficient (Wildman–Crippen LogP) is 4.37. The fourth-order valence-corrected chi connectivity index (χ4v) is 4.85. The standard InChI is InChI=1S/C21H19ClN2O6S/c1-2-30-21(25)13-19(14-6-5-7-15(12-14)24(26)27)23-31(28,29)20-11-10-18(22)16-8-3-4-9-17(16)20/h3-12,19,23H,2,13H2,1H3/t19-/m0/s1. The Balaban J connectivity index is 2.05. The number of nitro benzene ring substituents is 1. The summed E-state index contributed by atoms with van der Waals surface area (Å²) < 4.78 is 34.0. The molecule has 0 unspecified atom stereocenters. The van der Waals surface area contributed by atoms with Crippen LogP contribution in [0.25, 0.3) is 10.8 Å². The first-order valence-corrected chi connectivity index (χ1v) is 11.2. The van der Waals surface area contributed by atoms with Crippen LogP contribution in [0, 0.1) is 10.1 Å². The Kier molecular flexibility index (Phi) is 6.89. The van der Waals surface area contributed by atoms with Crippen LogP contribution in [-0.4, -0.2) is 25.9 Å². The lowest BCUT2D eigenvalue weighted by atomic mass is 10.0. The molecule has 0 saturated carbocycles. The Bertz CT molecular complexity index is 1250. The molecule has 0 amide bonds. The number of fused-ring (bicyclic) bond motifs is 1. The highest BCUT2D eigenvalue weighted by Gasteiger charge is 2.27. The number of halogens is 1. The van der Waals surface area contributed by atoms with Gasteiger partial charge in [0.15, 0.2) is 0 Å². The lowest BCUT2D eigenvalue weighted by Gasteiger charge is -2.19. The molecule has 0 aromatic heterocycles.